The molecular formula is C16H29NO2. The highest BCUT2D eigenvalue weighted by Gasteiger charge is 2.63. The molecule has 0 aromatic carbocycles. The second-order valence-corrected chi connectivity index (χ2v) is 7.66. The Morgan fingerprint density at radius 2 is 2.00 bits per heavy atom. The van der Waals surface area contributed by atoms with Gasteiger partial charge in [0.2, 0.25) is 0 Å². The summed E-state index contributed by atoms with van der Waals surface area (Å²) >= 11 is 0. The van der Waals surface area contributed by atoms with Crippen molar-refractivity contribution in [2.75, 3.05) is 6.54 Å². The van der Waals surface area contributed by atoms with Gasteiger partial charge in [0.05, 0.1) is 0 Å². The molecule has 3 unspecified atom stereocenters. The second kappa shape index (κ2) is 4.47. The van der Waals surface area contributed by atoms with Crippen LogP contribution in [-0.4, -0.2) is 24.2 Å². The Balaban J connectivity index is 2.08. The Morgan fingerprint density at radius 1 is 1.37 bits per heavy atom. The molecule has 1 N–H and O–H groups in total. The number of rotatable bonds is 4. The summed E-state index contributed by atoms with van der Waals surface area (Å²) in [6.07, 6.45) is 3.60. The molecule has 2 aliphatic carbocycles. The molecule has 3 atom stereocenters. The van der Waals surface area contributed by atoms with Gasteiger partial charge in [-0.15, -0.1) is 0 Å². The van der Waals surface area contributed by atoms with E-state index >= 15 is 0 Å². The number of likely N-dealkylation sites (N-methyl/N-ethyl adjacent to an activating group) is 1. The fourth-order valence-corrected chi connectivity index (χ4v) is 4.10. The summed E-state index contributed by atoms with van der Waals surface area (Å²) in [5.74, 6) is 0.599. The maximum atomic E-state index is 12.4. The van der Waals surface area contributed by atoms with Crippen LogP contribution in [0.15, 0.2) is 0 Å². The lowest BCUT2D eigenvalue weighted by Crippen LogP contribution is -2.50. The smallest absolute Gasteiger partial charge is 0.326 e. The van der Waals surface area contributed by atoms with Crippen LogP contribution in [0.25, 0.3) is 0 Å². The van der Waals surface area contributed by atoms with E-state index in [0.717, 1.165) is 13.0 Å². The van der Waals surface area contributed by atoms with Crippen LogP contribution in [0.2, 0.25) is 0 Å². The topological polar surface area (TPSA) is 38.3 Å². The lowest BCUT2D eigenvalue weighted by Gasteiger charge is -2.39. The number of esters is 1. The average molecular weight is 267 g/mol. The minimum absolute atomic E-state index is 0.0895. The van der Waals surface area contributed by atoms with Crippen LogP contribution in [0.3, 0.4) is 0 Å². The summed E-state index contributed by atoms with van der Waals surface area (Å²) in [7, 11) is 0. The molecule has 3 heteroatoms. The van der Waals surface area contributed by atoms with Gasteiger partial charge in [0, 0.05) is 5.41 Å². The fourth-order valence-electron chi connectivity index (χ4n) is 4.10. The quantitative estimate of drug-likeness (QED) is 0.795. The van der Waals surface area contributed by atoms with Crippen molar-refractivity contribution < 1.29 is 9.53 Å². The molecule has 0 aliphatic heterocycles. The molecule has 0 saturated heterocycles. The van der Waals surface area contributed by atoms with E-state index in [1.165, 1.54) is 12.8 Å². The lowest BCUT2D eigenvalue weighted by atomic mass is 9.70. The zero-order chi connectivity index (χ0) is 14.5. The van der Waals surface area contributed by atoms with Crippen LogP contribution in [0.4, 0.5) is 0 Å². The van der Waals surface area contributed by atoms with Crippen molar-refractivity contribution in [1.82, 2.24) is 5.32 Å². The molecule has 19 heavy (non-hydrogen) atoms. The molecule has 0 radical (unpaired) electrons. The van der Waals surface area contributed by atoms with Crippen LogP contribution in [0, 0.1) is 16.7 Å². The van der Waals surface area contributed by atoms with E-state index in [2.05, 4.69) is 26.1 Å². The average Bonchev–Trinajstić information content (AvgIpc) is 2.61. The third-order valence-electron chi connectivity index (χ3n) is 6.09. The van der Waals surface area contributed by atoms with E-state index in [-0.39, 0.29) is 17.5 Å². The van der Waals surface area contributed by atoms with E-state index in [9.17, 15) is 4.79 Å². The van der Waals surface area contributed by atoms with Crippen molar-refractivity contribution in [3.63, 3.8) is 0 Å². The van der Waals surface area contributed by atoms with Gasteiger partial charge in [-0.1, -0.05) is 27.7 Å². The molecule has 0 aromatic rings. The summed E-state index contributed by atoms with van der Waals surface area (Å²) in [6, 6.07) is 0. The van der Waals surface area contributed by atoms with Crippen molar-refractivity contribution in [2.45, 2.75) is 72.4 Å². The summed E-state index contributed by atoms with van der Waals surface area (Å²) in [4.78, 5) is 12.4. The number of ether oxygens (including phenoxy) is 1. The van der Waals surface area contributed by atoms with Gasteiger partial charge in [-0.05, 0) is 51.0 Å². The van der Waals surface area contributed by atoms with Crippen LogP contribution in [0.1, 0.15) is 60.8 Å². The molecule has 0 spiro atoms. The van der Waals surface area contributed by atoms with Gasteiger partial charge in [0.1, 0.15) is 11.6 Å². The molecule has 2 aliphatic rings. The predicted octanol–water partition coefficient (Wildman–Crippen LogP) is 3.13. The molecule has 2 saturated carbocycles. The summed E-state index contributed by atoms with van der Waals surface area (Å²) in [5, 5.41) is 3.20. The highest BCUT2D eigenvalue weighted by atomic mass is 16.5. The van der Waals surface area contributed by atoms with Crippen LogP contribution < -0.4 is 5.32 Å². The number of carbonyl (C=O) groups is 1. The predicted molar refractivity (Wildman–Crippen MR) is 76.9 cm³/mol. The van der Waals surface area contributed by atoms with Crippen molar-refractivity contribution in [3.05, 3.63) is 0 Å². The Morgan fingerprint density at radius 3 is 2.42 bits per heavy atom. The second-order valence-electron chi connectivity index (χ2n) is 7.66. The molecule has 0 aromatic heterocycles. The van der Waals surface area contributed by atoms with Crippen molar-refractivity contribution >= 4 is 5.97 Å². The number of carbonyl (C=O) groups excluding carboxylic acids is 1. The van der Waals surface area contributed by atoms with Crippen molar-refractivity contribution in [1.29, 1.82) is 0 Å². The Labute approximate surface area is 117 Å². The molecule has 0 heterocycles. The lowest BCUT2D eigenvalue weighted by molar-refractivity contribution is -0.163. The maximum absolute atomic E-state index is 12.4. The Kier molecular flexibility index (Phi) is 3.49. The Hall–Kier alpha value is -0.570. The van der Waals surface area contributed by atoms with Gasteiger partial charge in [0.15, 0.2) is 0 Å². The van der Waals surface area contributed by atoms with Gasteiger partial charge in [-0.3, -0.25) is 4.79 Å². The zero-order valence-corrected chi connectivity index (χ0v) is 13.3. The molecule has 2 fully saturated rings. The molecule has 2 rings (SSSR count). The molecular weight excluding hydrogens is 238 g/mol. The van der Waals surface area contributed by atoms with Crippen molar-refractivity contribution in [2.24, 2.45) is 16.7 Å². The van der Waals surface area contributed by atoms with Gasteiger partial charge in [-0.25, -0.2) is 0 Å². The SMILES string of the molecule is CCNC(C)(C)C(=O)OC1CC2CCC1(C)C2(C)C. The normalized spacial score (nSPS) is 36.5. The van der Waals surface area contributed by atoms with Crippen LogP contribution >= 0.6 is 0 Å². The first-order chi connectivity index (χ1) is 8.65. The standard InChI is InChI=1S/C16H29NO2/c1-7-17-15(4,5)13(18)19-12-10-11-8-9-16(12,6)14(11,2)3/h11-12,17H,7-10H2,1-6H3. The first-order valence-corrected chi connectivity index (χ1v) is 7.61. The highest BCUT2D eigenvalue weighted by Crippen LogP contribution is 2.66. The summed E-state index contributed by atoms with van der Waals surface area (Å²) in [6.45, 7) is 13.6. The Bertz CT molecular complexity index is 375. The van der Waals surface area contributed by atoms with E-state index in [0.29, 0.717) is 11.3 Å². The zero-order valence-electron chi connectivity index (χ0n) is 13.3. The first kappa shape index (κ1) is 14.8. The third-order valence-corrected chi connectivity index (χ3v) is 6.09. The van der Waals surface area contributed by atoms with Crippen molar-refractivity contribution in [3.8, 4) is 0 Å². The van der Waals surface area contributed by atoms with Crippen LogP contribution in [-0.2, 0) is 9.53 Å². The summed E-state index contributed by atoms with van der Waals surface area (Å²) < 4.78 is 5.90. The van der Waals surface area contributed by atoms with E-state index in [1.807, 2.05) is 20.8 Å². The largest absolute Gasteiger partial charge is 0.460 e. The molecule has 3 nitrogen and oxygen atoms in total. The summed E-state index contributed by atoms with van der Waals surface area (Å²) in [5.41, 5.74) is -0.146. The van der Waals surface area contributed by atoms with Crippen LogP contribution in [0.5, 0.6) is 0 Å². The molecule has 110 valence electrons. The van der Waals surface area contributed by atoms with Gasteiger partial charge < -0.3 is 10.1 Å². The third kappa shape index (κ3) is 2.10. The van der Waals surface area contributed by atoms with Gasteiger partial charge in [-0.2, -0.15) is 0 Å². The molecule has 0 amide bonds. The van der Waals surface area contributed by atoms with Gasteiger partial charge in [0.25, 0.3) is 0 Å². The number of fused-ring (bicyclic) bond motifs is 2. The number of hydrogen-bond acceptors (Lipinski definition) is 3. The number of hydrogen-bond donors (Lipinski definition) is 1. The fraction of sp³-hybridized carbons (Fsp3) is 0.938. The highest BCUT2D eigenvalue weighted by molar-refractivity contribution is 5.80. The number of nitrogens with one attached hydrogen (secondary N) is 1. The minimum atomic E-state index is -0.586. The minimum Gasteiger partial charge on any atom is -0.460 e. The molecule has 2 bridgehead atoms. The maximum Gasteiger partial charge on any atom is 0.326 e. The van der Waals surface area contributed by atoms with E-state index in [4.69, 9.17) is 4.74 Å². The monoisotopic (exact) mass is 267 g/mol. The van der Waals surface area contributed by atoms with E-state index < -0.39 is 5.54 Å². The first-order valence-electron chi connectivity index (χ1n) is 7.61. The van der Waals surface area contributed by atoms with E-state index in [1.54, 1.807) is 0 Å². The van der Waals surface area contributed by atoms with Gasteiger partial charge >= 0.3 is 5.97 Å².